The molecule has 1 aromatic rings. The van der Waals surface area contributed by atoms with Crippen molar-refractivity contribution in [3.05, 3.63) is 34.6 Å². The van der Waals surface area contributed by atoms with Gasteiger partial charge in [0.25, 0.3) is 0 Å². The first-order valence-corrected chi connectivity index (χ1v) is 2.91. The second kappa shape index (κ2) is 6.68. The first-order valence-electron chi connectivity index (χ1n) is 2.12. The van der Waals surface area contributed by atoms with Gasteiger partial charge in [-0.1, -0.05) is 20.4 Å². The quantitative estimate of drug-likeness (QED) is 0.327. The third-order valence-electron chi connectivity index (χ3n) is 0.728. The largest absolute Gasteiger partial charge is 2.00 e. The Labute approximate surface area is 97.5 Å². The Morgan fingerprint density at radius 1 is 1.50 bits per heavy atom. The molecule has 0 saturated heterocycles. The first-order chi connectivity index (χ1) is 3.79. The summed E-state index contributed by atoms with van der Waals surface area (Å²) in [4.78, 5) is 0. The molecule has 1 rings (SSSR count). The van der Waals surface area contributed by atoms with Gasteiger partial charge in [-0.05, 0) is 0 Å². The summed E-state index contributed by atoms with van der Waals surface area (Å²) in [7, 11) is 0. The van der Waals surface area contributed by atoms with Crippen LogP contribution in [0.1, 0.15) is 0 Å². The summed E-state index contributed by atoms with van der Waals surface area (Å²) >= 11 is 3.10. The topological polar surface area (TPSA) is 0 Å². The van der Waals surface area contributed by atoms with Gasteiger partial charge in [0.2, 0.25) is 0 Å². The van der Waals surface area contributed by atoms with Crippen LogP contribution in [0.5, 0.6) is 0 Å². The molecule has 0 saturated carbocycles. The molecule has 0 aromatic heterocycles. The van der Waals surface area contributed by atoms with Gasteiger partial charge in [-0.15, -0.1) is 12.1 Å². The number of hydrogen-bond acceptors (Lipinski definition) is 0. The van der Waals surface area contributed by atoms with Crippen LogP contribution in [0.4, 0.5) is 4.39 Å². The fraction of sp³-hybridized carbons (Fsp3) is 0. The molecule has 50 valence electrons. The summed E-state index contributed by atoms with van der Waals surface area (Å²) in [6.07, 6.45) is 0. The van der Waals surface area contributed by atoms with Gasteiger partial charge in [-0.2, -0.15) is 12.1 Å². The second-order valence-corrected chi connectivity index (χ2v) is 2.27. The van der Waals surface area contributed by atoms with Crippen LogP contribution >= 0.6 is 15.9 Å². The van der Waals surface area contributed by atoms with Crippen molar-refractivity contribution in [1.29, 1.82) is 0 Å². The predicted molar refractivity (Wildman–Crippen MR) is 32.9 cm³/mol. The van der Waals surface area contributed by atoms with Gasteiger partial charge >= 0.3 is 19.5 Å². The maximum absolute atomic E-state index is 12.1. The molecular formula is C6H3BrFIZn. The fourth-order valence-electron chi connectivity index (χ4n) is 0.412. The van der Waals surface area contributed by atoms with E-state index in [1.165, 1.54) is 12.1 Å². The summed E-state index contributed by atoms with van der Waals surface area (Å²) in [6, 6.07) is 6.99. The Bertz CT molecular complexity index is 178. The van der Waals surface area contributed by atoms with E-state index in [-0.39, 0.29) is 49.3 Å². The molecule has 0 atom stereocenters. The zero-order valence-electron chi connectivity index (χ0n) is 5.07. The maximum atomic E-state index is 12.1. The van der Waals surface area contributed by atoms with Gasteiger partial charge in [0, 0.05) is 5.82 Å². The van der Waals surface area contributed by atoms with Crippen molar-refractivity contribution in [1.82, 2.24) is 0 Å². The third kappa shape index (κ3) is 4.75. The van der Waals surface area contributed by atoms with E-state index in [0.29, 0.717) is 0 Å². The van der Waals surface area contributed by atoms with Crippen molar-refractivity contribution in [2.75, 3.05) is 0 Å². The molecule has 0 fully saturated rings. The molecule has 0 heterocycles. The Morgan fingerprint density at radius 3 is 2.40 bits per heavy atom. The minimum atomic E-state index is -0.334. The first kappa shape index (κ1) is 13.6. The summed E-state index contributed by atoms with van der Waals surface area (Å²) in [5.41, 5.74) is 0. The smallest absolute Gasteiger partial charge is 1.00 e. The summed E-state index contributed by atoms with van der Waals surface area (Å²) in [6.45, 7) is 0. The van der Waals surface area contributed by atoms with E-state index < -0.39 is 0 Å². The SMILES string of the molecule is Fc1[c-]ccc(Br)c1.[I-].[Zn+2]. The van der Waals surface area contributed by atoms with E-state index in [1.54, 1.807) is 6.07 Å². The van der Waals surface area contributed by atoms with Gasteiger partial charge in [0.15, 0.2) is 0 Å². The monoisotopic (exact) mass is 364 g/mol. The van der Waals surface area contributed by atoms with Crippen molar-refractivity contribution in [2.24, 2.45) is 0 Å². The van der Waals surface area contributed by atoms with E-state index >= 15 is 0 Å². The molecule has 0 aliphatic heterocycles. The Balaban J connectivity index is 0. The number of rotatable bonds is 0. The van der Waals surface area contributed by atoms with E-state index in [2.05, 4.69) is 22.0 Å². The minimum Gasteiger partial charge on any atom is -1.00 e. The summed E-state index contributed by atoms with van der Waals surface area (Å²) in [5.74, 6) is -0.334. The second-order valence-electron chi connectivity index (χ2n) is 1.35. The van der Waals surface area contributed by atoms with Crippen LogP contribution in [-0.2, 0) is 19.5 Å². The van der Waals surface area contributed by atoms with Crippen molar-refractivity contribution in [3.63, 3.8) is 0 Å². The van der Waals surface area contributed by atoms with Gasteiger partial charge in [-0.25, -0.2) is 4.39 Å². The molecule has 0 spiro atoms. The molecule has 0 nitrogen and oxygen atoms in total. The minimum absolute atomic E-state index is 0. The van der Waals surface area contributed by atoms with E-state index in [1.807, 2.05) is 0 Å². The molecule has 0 amide bonds. The summed E-state index contributed by atoms with van der Waals surface area (Å²) < 4.78 is 12.8. The predicted octanol–water partition coefficient (Wildman–Crippen LogP) is -0.610. The molecule has 0 bridgehead atoms. The van der Waals surface area contributed by atoms with E-state index in [9.17, 15) is 4.39 Å². The molecule has 1 aromatic carbocycles. The van der Waals surface area contributed by atoms with Gasteiger partial charge in [-0.3, -0.25) is 0 Å². The van der Waals surface area contributed by atoms with Gasteiger partial charge in [0.1, 0.15) is 0 Å². The van der Waals surface area contributed by atoms with Crippen LogP contribution in [-0.4, -0.2) is 0 Å². The Morgan fingerprint density at radius 2 is 2.10 bits per heavy atom. The van der Waals surface area contributed by atoms with E-state index in [0.717, 1.165) is 4.47 Å². The molecule has 0 unspecified atom stereocenters. The van der Waals surface area contributed by atoms with Crippen molar-refractivity contribution >= 4 is 15.9 Å². The maximum Gasteiger partial charge on any atom is 2.00 e. The Kier molecular flexibility index (Phi) is 9.06. The van der Waals surface area contributed by atoms with Crippen LogP contribution in [0.25, 0.3) is 0 Å². The zero-order valence-corrected chi connectivity index (χ0v) is 11.8. The van der Waals surface area contributed by atoms with Crippen LogP contribution < -0.4 is 24.0 Å². The third-order valence-corrected chi connectivity index (χ3v) is 1.22. The van der Waals surface area contributed by atoms with Crippen molar-refractivity contribution in [2.45, 2.75) is 0 Å². The van der Waals surface area contributed by atoms with Gasteiger partial charge < -0.3 is 24.0 Å². The normalized spacial score (nSPS) is 7.40. The van der Waals surface area contributed by atoms with Crippen LogP contribution in [0.2, 0.25) is 0 Å². The molecule has 0 N–H and O–H groups in total. The number of hydrogen-bond donors (Lipinski definition) is 0. The van der Waals surface area contributed by atoms with Crippen molar-refractivity contribution in [3.8, 4) is 0 Å². The Hall–Kier alpha value is 0.983. The average molecular weight is 366 g/mol. The van der Waals surface area contributed by atoms with Gasteiger partial charge in [0.05, 0.1) is 0 Å². The zero-order chi connectivity index (χ0) is 5.98. The molecule has 10 heavy (non-hydrogen) atoms. The summed E-state index contributed by atoms with van der Waals surface area (Å²) in [5, 5.41) is 0. The number of benzene rings is 1. The van der Waals surface area contributed by atoms with E-state index in [4.69, 9.17) is 0 Å². The van der Waals surface area contributed by atoms with Crippen molar-refractivity contribution < 1.29 is 47.8 Å². The molecule has 4 heteroatoms. The van der Waals surface area contributed by atoms with Crippen LogP contribution in [0.15, 0.2) is 22.7 Å². The molecule has 0 radical (unpaired) electrons. The average Bonchev–Trinajstić information content (AvgIpc) is 1.64. The molecular weight excluding hydrogens is 363 g/mol. The van der Waals surface area contributed by atoms with Crippen LogP contribution in [0.3, 0.4) is 0 Å². The van der Waals surface area contributed by atoms with Crippen LogP contribution in [0, 0.1) is 11.9 Å². The standard InChI is InChI=1S/C6H3BrF.HI.Zn/c7-5-2-1-3-6(8)4-5;;/h1-2,4H;1H;/q-1;;+2/p-1. The molecule has 0 aliphatic carbocycles. The molecule has 0 aliphatic rings. The fourth-order valence-corrected chi connectivity index (χ4v) is 0.745. The number of halogens is 3.